The minimum atomic E-state index is -0.813. The maximum atomic E-state index is 12.2. The van der Waals surface area contributed by atoms with Crippen molar-refractivity contribution in [2.24, 2.45) is 5.41 Å². The molecule has 2 amide bonds. The Morgan fingerprint density at radius 1 is 1.30 bits per heavy atom. The smallest absolute Gasteiger partial charge is 0.321 e. The summed E-state index contributed by atoms with van der Waals surface area (Å²) >= 11 is 0. The predicted octanol–water partition coefficient (Wildman–Crippen LogP) is 2.48. The standard InChI is InChI=1S/C15H20N2O3/c1-2-17(12-7-4-3-5-8-12)14(20)16-11-15(13(18)19)9-6-10-15/h3-5,7-8H,2,6,9-11H2,1H3,(H,16,20)(H,18,19). The number of amides is 2. The maximum absolute atomic E-state index is 12.2. The maximum Gasteiger partial charge on any atom is 0.321 e. The average molecular weight is 276 g/mol. The zero-order valence-electron chi connectivity index (χ0n) is 11.6. The van der Waals surface area contributed by atoms with E-state index in [1.54, 1.807) is 4.90 Å². The molecular weight excluding hydrogens is 256 g/mol. The van der Waals surface area contributed by atoms with Gasteiger partial charge in [-0.1, -0.05) is 24.6 Å². The molecule has 1 aromatic rings. The minimum absolute atomic E-state index is 0.199. The second-order valence-corrected chi connectivity index (χ2v) is 5.18. The van der Waals surface area contributed by atoms with Gasteiger partial charge in [0.25, 0.3) is 0 Å². The molecule has 0 heterocycles. The normalized spacial score (nSPS) is 16.1. The van der Waals surface area contributed by atoms with Crippen molar-refractivity contribution in [3.05, 3.63) is 30.3 Å². The van der Waals surface area contributed by atoms with Crippen LogP contribution in [0.2, 0.25) is 0 Å². The molecule has 2 N–H and O–H groups in total. The summed E-state index contributed by atoms with van der Waals surface area (Å²) in [4.78, 5) is 25.1. The van der Waals surface area contributed by atoms with Gasteiger partial charge in [-0.3, -0.25) is 9.69 Å². The Labute approximate surface area is 118 Å². The Balaban J connectivity index is 1.98. The zero-order chi connectivity index (χ0) is 14.6. The number of para-hydroxylation sites is 1. The average Bonchev–Trinajstić information content (AvgIpc) is 2.39. The number of carboxylic acids is 1. The van der Waals surface area contributed by atoms with E-state index in [1.165, 1.54) is 0 Å². The van der Waals surface area contributed by atoms with Crippen molar-refractivity contribution in [2.45, 2.75) is 26.2 Å². The Morgan fingerprint density at radius 2 is 1.95 bits per heavy atom. The van der Waals surface area contributed by atoms with Gasteiger partial charge in [0.1, 0.15) is 0 Å². The molecule has 1 saturated carbocycles. The topological polar surface area (TPSA) is 69.6 Å². The van der Waals surface area contributed by atoms with Crippen LogP contribution >= 0.6 is 0 Å². The highest BCUT2D eigenvalue weighted by Gasteiger charge is 2.44. The van der Waals surface area contributed by atoms with Crippen molar-refractivity contribution in [1.82, 2.24) is 5.32 Å². The quantitative estimate of drug-likeness (QED) is 0.868. The first-order valence-electron chi connectivity index (χ1n) is 6.93. The number of carbonyl (C=O) groups excluding carboxylic acids is 1. The van der Waals surface area contributed by atoms with Crippen molar-refractivity contribution in [2.75, 3.05) is 18.0 Å². The summed E-state index contributed by atoms with van der Waals surface area (Å²) in [6, 6.07) is 9.11. The van der Waals surface area contributed by atoms with E-state index in [9.17, 15) is 14.7 Å². The van der Waals surface area contributed by atoms with Crippen molar-refractivity contribution in [3.8, 4) is 0 Å². The molecule has 0 saturated heterocycles. The number of nitrogens with zero attached hydrogens (tertiary/aromatic N) is 1. The van der Waals surface area contributed by atoms with Crippen LogP contribution in [-0.4, -0.2) is 30.2 Å². The lowest BCUT2D eigenvalue weighted by atomic mass is 9.69. The second kappa shape index (κ2) is 5.94. The molecule has 2 rings (SSSR count). The van der Waals surface area contributed by atoms with Gasteiger partial charge in [0, 0.05) is 18.8 Å². The first kappa shape index (κ1) is 14.4. The molecule has 1 aliphatic rings. The van der Waals surface area contributed by atoms with Crippen LogP contribution in [0.4, 0.5) is 10.5 Å². The minimum Gasteiger partial charge on any atom is -0.481 e. The lowest BCUT2D eigenvalue weighted by Crippen LogP contribution is -2.50. The van der Waals surface area contributed by atoms with Gasteiger partial charge in [0.2, 0.25) is 0 Å². The van der Waals surface area contributed by atoms with Crippen LogP contribution < -0.4 is 10.2 Å². The van der Waals surface area contributed by atoms with E-state index in [2.05, 4.69) is 5.32 Å². The van der Waals surface area contributed by atoms with Crippen molar-refractivity contribution >= 4 is 17.7 Å². The molecule has 0 aromatic heterocycles. The molecule has 0 spiro atoms. The zero-order valence-corrected chi connectivity index (χ0v) is 11.6. The summed E-state index contributed by atoms with van der Waals surface area (Å²) in [6.45, 7) is 2.63. The number of hydrogen-bond donors (Lipinski definition) is 2. The lowest BCUT2D eigenvalue weighted by Gasteiger charge is -2.38. The number of aliphatic carboxylic acids is 1. The Kier molecular flexibility index (Phi) is 4.27. The number of anilines is 1. The van der Waals surface area contributed by atoms with Gasteiger partial charge in [0.15, 0.2) is 0 Å². The number of benzene rings is 1. The van der Waals surface area contributed by atoms with E-state index in [0.717, 1.165) is 12.1 Å². The van der Waals surface area contributed by atoms with Gasteiger partial charge in [-0.2, -0.15) is 0 Å². The molecule has 1 aromatic carbocycles. The van der Waals surface area contributed by atoms with E-state index < -0.39 is 11.4 Å². The highest BCUT2D eigenvalue weighted by atomic mass is 16.4. The number of rotatable bonds is 5. The van der Waals surface area contributed by atoms with Crippen LogP contribution in [-0.2, 0) is 4.79 Å². The van der Waals surface area contributed by atoms with E-state index in [4.69, 9.17) is 0 Å². The van der Waals surface area contributed by atoms with Gasteiger partial charge in [-0.25, -0.2) is 4.79 Å². The van der Waals surface area contributed by atoms with Crippen LogP contribution in [0.15, 0.2) is 30.3 Å². The van der Waals surface area contributed by atoms with Crippen molar-refractivity contribution in [1.29, 1.82) is 0 Å². The van der Waals surface area contributed by atoms with Gasteiger partial charge >= 0.3 is 12.0 Å². The van der Waals surface area contributed by atoms with E-state index in [0.29, 0.717) is 19.4 Å². The van der Waals surface area contributed by atoms with Gasteiger partial charge in [-0.05, 0) is 31.9 Å². The first-order valence-corrected chi connectivity index (χ1v) is 6.93. The molecule has 0 unspecified atom stereocenters. The molecule has 0 bridgehead atoms. The third kappa shape index (κ3) is 2.76. The third-order valence-electron chi connectivity index (χ3n) is 3.97. The van der Waals surface area contributed by atoms with E-state index >= 15 is 0 Å². The molecule has 0 aliphatic heterocycles. The summed E-state index contributed by atoms with van der Waals surface area (Å²) in [5.41, 5.74) is 0.0525. The molecule has 1 aliphatic carbocycles. The fourth-order valence-corrected chi connectivity index (χ4v) is 2.46. The van der Waals surface area contributed by atoms with Crippen molar-refractivity contribution in [3.63, 3.8) is 0 Å². The second-order valence-electron chi connectivity index (χ2n) is 5.18. The molecule has 108 valence electrons. The summed E-state index contributed by atoms with van der Waals surface area (Å²) < 4.78 is 0. The molecule has 20 heavy (non-hydrogen) atoms. The van der Waals surface area contributed by atoms with Crippen molar-refractivity contribution < 1.29 is 14.7 Å². The van der Waals surface area contributed by atoms with E-state index in [-0.39, 0.29) is 12.6 Å². The lowest BCUT2D eigenvalue weighted by molar-refractivity contribution is -0.153. The van der Waals surface area contributed by atoms with Gasteiger partial charge < -0.3 is 10.4 Å². The molecule has 1 fully saturated rings. The third-order valence-corrected chi connectivity index (χ3v) is 3.97. The van der Waals surface area contributed by atoms with Gasteiger partial charge in [-0.15, -0.1) is 0 Å². The predicted molar refractivity (Wildman–Crippen MR) is 76.8 cm³/mol. The summed E-state index contributed by atoms with van der Waals surface area (Å²) in [5, 5.41) is 12.0. The summed E-state index contributed by atoms with van der Waals surface area (Å²) in [6.07, 6.45) is 2.19. The fourth-order valence-electron chi connectivity index (χ4n) is 2.46. The molecular formula is C15H20N2O3. The van der Waals surface area contributed by atoms with Crippen LogP contribution in [0.1, 0.15) is 26.2 Å². The number of hydrogen-bond acceptors (Lipinski definition) is 2. The highest BCUT2D eigenvalue weighted by molar-refractivity contribution is 5.92. The SMILES string of the molecule is CCN(C(=O)NCC1(C(=O)O)CCC1)c1ccccc1. The highest BCUT2D eigenvalue weighted by Crippen LogP contribution is 2.40. The molecule has 0 radical (unpaired) electrons. The fraction of sp³-hybridized carbons (Fsp3) is 0.467. The Hall–Kier alpha value is -2.04. The van der Waals surface area contributed by atoms with Crippen LogP contribution in [0, 0.1) is 5.41 Å². The van der Waals surface area contributed by atoms with Crippen LogP contribution in [0.5, 0.6) is 0 Å². The Morgan fingerprint density at radius 3 is 2.40 bits per heavy atom. The number of carboxylic acid groups (broad SMARTS) is 1. The first-order chi connectivity index (χ1) is 9.59. The largest absolute Gasteiger partial charge is 0.481 e. The molecule has 0 atom stereocenters. The summed E-state index contributed by atoms with van der Waals surface area (Å²) in [7, 11) is 0. The number of urea groups is 1. The summed E-state index contributed by atoms with van der Waals surface area (Å²) in [5.74, 6) is -0.813. The van der Waals surface area contributed by atoms with Gasteiger partial charge in [0.05, 0.1) is 5.41 Å². The monoisotopic (exact) mass is 276 g/mol. The van der Waals surface area contributed by atoms with E-state index in [1.807, 2.05) is 37.3 Å². The number of carbonyl (C=O) groups is 2. The molecule has 5 nitrogen and oxygen atoms in total. The molecule has 5 heteroatoms. The van der Waals surface area contributed by atoms with Crippen LogP contribution in [0.25, 0.3) is 0 Å². The Bertz CT molecular complexity index is 483. The van der Waals surface area contributed by atoms with Crippen LogP contribution in [0.3, 0.4) is 0 Å². The number of nitrogens with one attached hydrogen (secondary N) is 1.